The van der Waals surface area contributed by atoms with Gasteiger partial charge in [-0.25, -0.2) is 0 Å². The molecule has 7 nitrogen and oxygen atoms in total. The van der Waals surface area contributed by atoms with Crippen LogP contribution in [-0.4, -0.2) is 56.4 Å². The van der Waals surface area contributed by atoms with Crippen LogP contribution in [0.5, 0.6) is 0 Å². The number of thioether (sulfide) groups is 2. The van der Waals surface area contributed by atoms with Crippen molar-refractivity contribution in [1.29, 1.82) is 0 Å². The van der Waals surface area contributed by atoms with Gasteiger partial charge < -0.3 is 0 Å². The number of hydrogen-bond acceptors (Lipinski definition) is 7. The van der Waals surface area contributed by atoms with Crippen LogP contribution in [0.3, 0.4) is 0 Å². The van der Waals surface area contributed by atoms with E-state index in [1.807, 2.05) is 65.6 Å². The lowest BCUT2D eigenvalue weighted by molar-refractivity contribution is -0.127. The number of amides is 4. The van der Waals surface area contributed by atoms with Crippen molar-refractivity contribution in [2.24, 2.45) is 0 Å². The van der Waals surface area contributed by atoms with E-state index >= 15 is 0 Å². The van der Waals surface area contributed by atoms with Crippen molar-refractivity contribution in [2.45, 2.75) is 38.1 Å². The summed E-state index contributed by atoms with van der Waals surface area (Å²) in [7, 11) is 0. The average Bonchev–Trinajstić information content (AvgIpc) is 3.33. The van der Waals surface area contributed by atoms with Crippen LogP contribution in [0.15, 0.2) is 70.5 Å². The molecule has 0 bridgehead atoms. The van der Waals surface area contributed by atoms with E-state index in [1.54, 1.807) is 12.2 Å². The quantitative estimate of drug-likeness (QED) is 0.404. The van der Waals surface area contributed by atoms with Crippen molar-refractivity contribution in [1.82, 2.24) is 14.7 Å². The minimum atomic E-state index is -0.349. The minimum absolute atomic E-state index is 0.0426. The summed E-state index contributed by atoms with van der Waals surface area (Å²) >= 11 is 1.84. The number of carbonyl (C=O) groups excluding carboxylic acids is 4. The summed E-state index contributed by atoms with van der Waals surface area (Å²) < 4.78 is 0. The molecule has 2 aromatic carbocycles. The molecular formula is C28H27N3O4S2. The Bertz CT molecular complexity index is 1170. The number of carbonyl (C=O) groups is 4. The summed E-state index contributed by atoms with van der Waals surface area (Å²) in [4.78, 5) is 57.3. The third-order valence-corrected chi connectivity index (χ3v) is 8.49. The van der Waals surface area contributed by atoms with Crippen LogP contribution in [0.25, 0.3) is 12.2 Å². The second kappa shape index (κ2) is 11.5. The Balaban J connectivity index is 1.35. The van der Waals surface area contributed by atoms with Gasteiger partial charge in [-0.1, -0.05) is 79.9 Å². The highest BCUT2D eigenvalue weighted by Crippen LogP contribution is 2.36. The number of hydrogen-bond donors (Lipinski definition) is 0. The van der Waals surface area contributed by atoms with E-state index in [4.69, 9.17) is 0 Å². The summed E-state index contributed by atoms with van der Waals surface area (Å²) in [5.74, 6) is -0.699. The monoisotopic (exact) mass is 533 g/mol. The summed E-state index contributed by atoms with van der Waals surface area (Å²) in [5.41, 5.74) is 1.69. The maximum absolute atomic E-state index is 13.2. The van der Waals surface area contributed by atoms with Crippen molar-refractivity contribution in [3.63, 3.8) is 0 Å². The van der Waals surface area contributed by atoms with Crippen molar-refractivity contribution in [2.75, 3.05) is 13.3 Å². The Morgan fingerprint density at radius 1 is 0.676 bits per heavy atom. The van der Waals surface area contributed by atoms with Crippen molar-refractivity contribution in [3.05, 3.63) is 81.6 Å². The van der Waals surface area contributed by atoms with Gasteiger partial charge in [0, 0.05) is 6.04 Å². The fourth-order valence-electron chi connectivity index (χ4n) is 4.73. The lowest BCUT2D eigenvalue weighted by Gasteiger charge is -2.37. The van der Waals surface area contributed by atoms with E-state index in [0.717, 1.165) is 66.8 Å². The normalized spacial score (nSPS) is 21.3. The molecule has 0 aromatic heterocycles. The Morgan fingerprint density at radius 3 is 1.54 bits per heavy atom. The zero-order chi connectivity index (χ0) is 25.8. The minimum Gasteiger partial charge on any atom is -0.268 e. The molecule has 4 amide bonds. The van der Waals surface area contributed by atoms with Crippen LogP contribution in [0.1, 0.15) is 43.2 Å². The van der Waals surface area contributed by atoms with Gasteiger partial charge in [0.05, 0.1) is 23.1 Å². The Morgan fingerprint density at radius 2 is 1.11 bits per heavy atom. The van der Waals surface area contributed by atoms with Gasteiger partial charge in [0.15, 0.2) is 0 Å². The van der Waals surface area contributed by atoms with Crippen LogP contribution in [0, 0.1) is 0 Å². The van der Waals surface area contributed by atoms with E-state index in [2.05, 4.69) is 0 Å². The molecule has 0 radical (unpaired) electrons. The van der Waals surface area contributed by atoms with Crippen molar-refractivity contribution >= 4 is 58.0 Å². The molecule has 2 aliphatic heterocycles. The van der Waals surface area contributed by atoms with Gasteiger partial charge in [-0.3, -0.25) is 33.9 Å². The molecule has 37 heavy (non-hydrogen) atoms. The van der Waals surface area contributed by atoms with Gasteiger partial charge in [-0.2, -0.15) is 0 Å². The van der Waals surface area contributed by atoms with Gasteiger partial charge in [0.2, 0.25) is 0 Å². The molecule has 0 spiro atoms. The predicted octanol–water partition coefficient (Wildman–Crippen LogP) is 6.01. The van der Waals surface area contributed by atoms with Crippen LogP contribution in [0.4, 0.5) is 9.59 Å². The lowest BCUT2D eigenvalue weighted by Crippen LogP contribution is -2.51. The van der Waals surface area contributed by atoms with Gasteiger partial charge in [0.1, 0.15) is 0 Å². The van der Waals surface area contributed by atoms with E-state index in [1.165, 1.54) is 9.80 Å². The zero-order valence-electron chi connectivity index (χ0n) is 20.2. The molecule has 0 atom stereocenters. The molecule has 1 aliphatic carbocycles. The SMILES string of the molecule is O=C1S/C(=C\c2ccccc2)C(=O)N1CN(CN1C(=O)S/C(=C\c2ccccc2)C1=O)C1CCCCC1. The third-order valence-electron chi connectivity index (χ3n) is 6.68. The summed E-state index contributed by atoms with van der Waals surface area (Å²) in [6, 6.07) is 18.9. The first kappa shape index (κ1) is 25.5. The van der Waals surface area contributed by atoms with Gasteiger partial charge in [-0.15, -0.1) is 0 Å². The van der Waals surface area contributed by atoms with E-state index in [-0.39, 0.29) is 41.7 Å². The highest BCUT2D eigenvalue weighted by Gasteiger charge is 2.41. The Labute approximate surface area is 224 Å². The smallest absolute Gasteiger partial charge is 0.268 e. The number of nitrogens with zero attached hydrogens (tertiary/aromatic N) is 3. The second-order valence-electron chi connectivity index (χ2n) is 9.20. The molecule has 3 aliphatic rings. The first-order valence-corrected chi connectivity index (χ1v) is 14.0. The largest absolute Gasteiger partial charge is 0.294 e. The summed E-state index contributed by atoms with van der Waals surface area (Å²) in [6.07, 6.45) is 8.44. The van der Waals surface area contributed by atoms with E-state index < -0.39 is 0 Å². The third kappa shape index (κ3) is 5.89. The highest BCUT2D eigenvalue weighted by atomic mass is 32.2. The first-order chi connectivity index (χ1) is 18.0. The number of rotatable bonds is 7. The topological polar surface area (TPSA) is 78.0 Å². The molecule has 2 heterocycles. The Kier molecular flexibility index (Phi) is 7.93. The predicted molar refractivity (Wildman–Crippen MR) is 147 cm³/mol. The fraction of sp³-hybridized carbons (Fsp3) is 0.286. The molecule has 9 heteroatoms. The van der Waals surface area contributed by atoms with E-state index in [9.17, 15) is 19.2 Å². The number of imide groups is 2. The van der Waals surface area contributed by atoms with Crippen molar-refractivity contribution < 1.29 is 19.2 Å². The van der Waals surface area contributed by atoms with Gasteiger partial charge in [-0.05, 0) is 59.6 Å². The lowest BCUT2D eigenvalue weighted by atomic mass is 9.94. The van der Waals surface area contributed by atoms with Crippen molar-refractivity contribution in [3.8, 4) is 0 Å². The number of benzene rings is 2. The molecule has 2 saturated heterocycles. The molecular weight excluding hydrogens is 506 g/mol. The summed E-state index contributed by atoms with van der Waals surface area (Å²) in [6.45, 7) is 0.0852. The van der Waals surface area contributed by atoms with Crippen LogP contribution < -0.4 is 0 Å². The average molecular weight is 534 g/mol. The highest BCUT2D eigenvalue weighted by molar-refractivity contribution is 8.18. The molecule has 2 aromatic rings. The summed E-state index contributed by atoms with van der Waals surface area (Å²) in [5, 5.41) is -0.683. The molecule has 0 unspecified atom stereocenters. The molecule has 1 saturated carbocycles. The maximum Gasteiger partial charge on any atom is 0.294 e. The maximum atomic E-state index is 13.2. The fourth-order valence-corrected chi connectivity index (χ4v) is 6.39. The van der Waals surface area contributed by atoms with Crippen LogP contribution >= 0.6 is 23.5 Å². The standard InChI is InChI=1S/C28H27N3O4S2/c32-25-23(16-20-10-4-1-5-11-20)36-27(34)30(25)18-29(22-14-8-3-9-15-22)19-31-26(33)24(37-28(31)35)17-21-12-6-2-7-13-21/h1-2,4-7,10-13,16-17,22H,3,8-9,14-15,18-19H2/b23-16-,24-17-. The molecule has 5 rings (SSSR count). The molecule has 190 valence electrons. The first-order valence-electron chi connectivity index (χ1n) is 12.3. The molecule has 3 fully saturated rings. The van der Waals surface area contributed by atoms with Crippen LogP contribution in [0.2, 0.25) is 0 Å². The zero-order valence-corrected chi connectivity index (χ0v) is 21.9. The van der Waals surface area contributed by atoms with Crippen LogP contribution in [-0.2, 0) is 9.59 Å². The second-order valence-corrected chi connectivity index (χ2v) is 11.2. The van der Waals surface area contributed by atoms with E-state index in [0.29, 0.717) is 9.81 Å². The Hall–Kier alpha value is -3.14. The molecule has 0 N–H and O–H groups in total. The van der Waals surface area contributed by atoms with Gasteiger partial charge in [0.25, 0.3) is 22.3 Å². The van der Waals surface area contributed by atoms with Gasteiger partial charge >= 0.3 is 0 Å².